The first kappa shape index (κ1) is 14.6. The van der Waals surface area contributed by atoms with Gasteiger partial charge in [-0.1, -0.05) is 29.8 Å². The summed E-state index contributed by atoms with van der Waals surface area (Å²) < 4.78 is 2.03. The number of fused-ring (bicyclic) bond motifs is 1. The van der Waals surface area contributed by atoms with Gasteiger partial charge in [-0.25, -0.2) is 4.98 Å². The number of thiazole rings is 1. The summed E-state index contributed by atoms with van der Waals surface area (Å²) in [5.74, 6) is 0.776. The molecule has 6 heteroatoms. The first-order valence-electron chi connectivity index (χ1n) is 7.16. The largest absolute Gasteiger partial charge is 0.352 e. The summed E-state index contributed by atoms with van der Waals surface area (Å²) in [4.78, 5) is 9.80. The molecule has 1 aromatic carbocycles. The molecule has 0 unspecified atom stereocenters. The van der Waals surface area contributed by atoms with Crippen LogP contribution in [0.1, 0.15) is 16.8 Å². The molecule has 3 aromatic rings. The number of aryl methyl sites for hydroxylation is 1. The van der Waals surface area contributed by atoms with E-state index in [-0.39, 0.29) is 0 Å². The number of aliphatic imine (C=N–C) groups is 1. The van der Waals surface area contributed by atoms with Gasteiger partial charge in [0.15, 0.2) is 10.9 Å². The Balaban J connectivity index is 1.54. The van der Waals surface area contributed by atoms with Gasteiger partial charge in [0, 0.05) is 31.4 Å². The van der Waals surface area contributed by atoms with E-state index < -0.39 is 0 Å². The van der Waals surface area contributed by atoms with Crippen LogP contribution in [-0.2, 0) is 13.1 Å². The normalized spacial score (nSPS) is 11.8. The first-order valence-corrected chi connectivity index (χ1v) is 8.04. The van der Waals surface area contributed by atoms with Crippen molar-refractivity contribution in [2.75, 3.05) is 7.05 Å². The molecule has 22 heavy (non-hydrogen) atoms. The van der Waals surface area contributed by atoms with Gasteiger partial charge in [-0.3, -0.25) is 9.39 Å². The predicted octanol–water partition coefficient (Wildman–Crippen LogP) is 2.57. The number of benzene rings is 1. The highest BCUT2D eigenvalue weighted by Crippen LogP contribution is 2.11. The van der Waals surface area contributed by atoms with E-state index >= 15 is 0 Å². The summed E-state index contributed by atoms with van der Waals surface area (Å²) >= 11 is 1.64. The van der Waals surface area contributed by atoms with Crippen molar-refractivity contribution in [3.63, 3.8) is 0 Å². The fraction of sp³-hybridized carbons (Fsp3) is 0.250. The van der Waals surface area contributed by atoms with Crippen molar-refractivity contribution in [3.05, 3.63) is 58.9 Å². The van der Waals surface area contributed by atoms with Crippen molar-refractivity contribution in [2.45, 2.75) is 20.0 Å². The third-order valence-electron chi connectivity index (χ3n) is 3.35. The smallest absolute Gasteiger partial charge is 0.193 e. The molecule has 0 aliphatic heterocycles. The number of hydrogen-bond donors (Lipinski definition) is 2. The first-order chi connectivity index (χ1) is 10.7. The topological polar surface area (TPSA) is 53.7 Å². The van der Waals surface area contributed by atoms with Gasteiger partial charge in [-0.15, -0.1) is 11.3 Å². The van der Waals surface area contributed by atoms with Gasteiger partial charge >= 0.3 is 0 Å². The predicted molar refractivity (Wildman–Crippen MR) is 91.3 cm³/mol. The summed E-state index contributed by atoms with van der Waals surface area (Å²) in [6.07, 6.45) is 4.05. The fourth-order valence-electron chi connectivity index (χ4n) is 2.26. The van der Waals surface area contributed by atoms with E-state index in [1.807, 2.05) is 22.2 Å². The number of nitrogens with one attached hydrogen (secondary N) is 2. The monoisotopic (exact) mass is 313 g/mol. The molecule has 0 aliphatic rings. The summed E-state index contributed by atoms with van der Waals surface area (Å²) in [5.41, 5.74) is 3.51. The van der Waals surface area contributed by atoms with Gasteiger partial charge in [0.1, 0.15) is 0 Å². The molecule has 0 amide bonds. The molecular weight excluding hydrogens is 294 g/mol. The van der Waals surface area contributed by atoms with Crippen molar-refractivity contribution >= 4 is 22.3 Å². The van der Waals surface area contributed by atoms with Gasteiger partial charge in [0.25, 0.3) is 0 Å². The average Bonchev–Trinajstić information content (AvgIpc) is 3.08. The SMILES string of the molecule is CN=C(NCc1cccc(C)c1)NCc1cn2ccsc2n1. The zero-order valence-electron chi connectivity index (χ0n) is 12.7. The Morgan fingerprint density at radius 1 is 1.32 bits per heavy atom. The Morgan fingerprint density at radius 2 is 2.18 bits per heavy atom. The van der Waals surface area contributed by atoms with Crippen molar-refractivity contribution in [1.29, 1.82) is 0 Å². The van der Waals surface area contributed by atoms with Crippen molar-refractivity contribution in [1.82, 2.24) is 20.0 Å². The molecule has 0 radical (unpaired) electrons. The van der Waals surface area contributed by atoms with E-state index in [0.29, 0.717) is 6.54 Å². The van der Waals surface area contributed by atoms with Gasteiger partial charge in [0.05, 0.1) is 12.2 Å². The molecule has 0 bridgehead atoms. The lowest BCUT2D eigenvalue weighted by Gasteiger charge is -2.11. The maximum absolute atomic E-state index is 4.55. The average molecular weight is 313 g/mol. The molecule has 2 N–H and O–H groups in total. The zero-order valence-corrected chi connectivity index (χ0v) is 13.5. The number of hydrogen-bond acceptors (Lipinski definition) is 3. The minimum atomic E-state index is 0.655. The van der Waals surface area contributed by atoms with Crippen molar-refractivity contribution in [2.24, 2.45) is 4.99 Å². The molecular formula is C16H19N5S. The lowest BCUT2D eigenvalue weighted by atomic mass is 10.1. The Bertz CT molecular complexity index is 758. The van der Waals surface area contributed by atoms with Gasteiger partial charge < -0.3 is 10.6 Å². The Hall–Kier alpha value is -2.34. The molecule has 5 nitrogen and oxygen atoms in total. The zero-order chi connectivity index (χ0) is 15.4. The molecule has 0 spiro atoms. The maximum atomic E-state index is 4.55. The van der Waals surface area contributed by atoms with Crippen LogP contribution in [0, 0.1) is 6.92 Å². The van der Waals surface area contributed by atoms with Crippen LogP contribution in [-0.4, -0.2) is 22.4 Å². The van der Waals surface area contributed by atoms with Crippen molar-refractivity contribution in [3.8, 4) is 0 Å². The van der Waals surface area contributed by atoms with Gasteiger partial charge in [-0.2, -0.15) is 0 Å². The third-order valence-corrected chi connectivity index (χ3v) is 4.12. The van der Waals surface area contributed by atoms with Gasteiger partial charge in [-0.05, 0) is 12.5 Å². The molecule has 2 heterocycles. The lowest BCUT2D eigenvalue weighted by molar-refractivity contribution is 0.798. The minimum Gasteiger partial charge on any atom is -0.352 e. The quantitative estimate of drug-likeness (QED) is 0.575. The second-order valence-electron chi connectivity index (χ2n) is 5.09. The van der Waals surface area contributed by atoms with E-state index in [1.165, 1.54) is 11.1 Å². The molecule has 0 saturated heterocycles. The summed E-state index contributed by atoms with van der Waals surface area (Å²) in [5, 5.41) is 8.64. The molecule has 0 atom stereocenters. The second-order valence-corrected chi connectivity index (χ2v) is 5.97. The van der Waals surface area contributed by atoms with Crippen LogP contribution in [0.2, 0.25) is 0 Å². The van der Waals surface area contributed by atoms with Crippen LogP contribution in [0.4, 0.5) is 0 Å². The lowest BCUT2D eigenvalue weighted by Crippen LogP contribution is -2.36. The number of aromatic nitrogens is 2. The Kier molecular flexibility index (Phi) is 4.39. The Labute approximate surface area is 133 Å². The van der Waals surface area contributed by atoms with Crippen LogP contribution in [0.3, 0.4) is 0 Å². The molecule has 3 rings (SSSR count). The van der Waals surface area contributed by atoms with Crippen LogP contribution in [0.5, 0.6) is 0 Å². The molecule has 114 valence electrons. The van der Waals surface area contributed by atoms with E-state index in [0.717, 1.165) is 23.2 Å². The van der Waals surface area contributed by atoms with Crippen LogP contribution >= 0.6 is 11.3 Å². The standard InChI is InChI=1S/C16H19N5S/c1-12-4-3-5-13(8-12)9-18-15(17-2)19-10-14-11-21-6-7-22-16(21)20-14/h3-8,11H,9-10H2,1-2H3,(H2,17,18,19). The summed E-state index contributed by atoms with van der Waals surface area (Å²) in [6, 6.07) is 8.45. The second kappa shape index (κ2) is 6.62. The highest BCUT2D eigenvalue weighted by Gasteiger charge is 2.04. The fourth-order valence-corrected chi connectivity index (χ4v) is 2.98. The highest BCUT2D eigenvalue weighted by atomic mass is 32.1. The minimum absolute atomic E-state index is 0.655. The third kappa shape index (κ3) is 3.46. The van der Waals surface area contributed by atoms with Crippen LogP contribution < -0.4 is 10.6 Å². The van der Waals surface area contributed by atoms with E-state index in [2.05, 4.69) is 51.8 Å². The van der Waals surface area contributed by atoms with E-state index in [1.54, 1.807) is 18.4 Å². The Morgan fingerprint density at radius 3 is 2.95 bits per heavy atom. The molecule has 2 aromatic heterocycles. The number of guanidine groups is 1. The van der Waals surface area contributed by atoms with E-state index in [9.17, 15) is 0 Å². The van der Waals surface area contributed by atoms with Crippen molar-refractivity contribution < 1.29 is 0 Å². The van der Waals surface area contributed by atoms with Gasteiger partial charge in [0.2, 0.25) is 0 Å². The maximum Gasteiger partial charge on any atom is 0.193 e. The summed E-state index contributed by atoms with van der Waals surface area (Å²) in [6.45, 7) is 3.50. The highest BCUT2D eigenvalue weighted by molar-refractivity contribution is 7.15. The molecule has 0 fully saturated rings. The van der Waals surface area contributed by atoms with Crippen LogP contribution in [0.25, 0.3) is 4.96 Å². The summed E-state index contributed by atoms with van der Waals surface area (Å²) in [7, 11) is 1.78. The van der Waals surface area contributed by atoms with E-state index in [4.69, 9.17) is 0 Å². The number of nitrogens with zero attached hydrogens (tertiary/aromatic N) is 3. The molecule has 0 aliphatic carbocycles. The number of rotatable bonds is 4. The number of imidazole rings is 1. The molecule has 0 saturated carbocycles. The van der Waals surface area contributed by atoms with Crippen LogP contribution in [0.15, 0.2) is 47.0 Å².